The third-order valence-corrected chi connectivity index (χ3v) is 4.84. The Hall–Kier alpha value is -1.98. The van der Waals surface area contributed by atoms with Crippen LogP contribution in [0.4, 0.5) is 0 Å². The maximum absolute atomic E-state index is 10.7. The van der Waals surface area contributed by atoms with E-state index in [1.807, 2.05) is 32.0 Å². The van der Waals surface area contributed by atoms with Gasteiger partial charge in [0, 0.05) is 18.0 Å². The van der Waals surface area contributed by atoms with Crippen molar-refractivity contribution in [1.82, 2.24) is 15.1 Å². The quantitative estimate of drug-likeness (QED) is 0.907. The molecule has 1 aliphatic rings. The molecule has 2 heterocycles. The number of aryl methyl sites for hydroxylation is 2. The van der Waals surface area contributed by atoms with Crippen molar-refractivity contribution in [2.24, 2.45) is 5.92 Å². The Labute approximate surface area is 143 Å². The van der Waals surface area contributed by atoms with Crippen LogP contribution in [-0.4, -0.2) is 45.4 Å². The molecule has 1 fully saturated rings. The van der Waals surface area contributed by atoms with Crippen LogP contribution >= 0.6 is 0 Å². The summed E-state index contributed by atoms with van der Waals surface area (Å²) in [6.07, 6.45) is 1.51. The fraction of sp³-hybridized carbons (Fsp3) is 0.474. The third kappa shape index (κ3) is 3.42. The summed E-state index contributed by atoms with van der Waals surface area (Å²) in [5.41, 5.74) is 3.83. The fourth-order valence-electron chi connectivity index (χ4n) is 3.46. The number of hydrogen-bond donors (Lipinski definition) is 2. The third-order valence-electron chi connectivity index (χ3n) is 4.84. The van der Waals surface area contributed by atoms with E-state index in [1.54, 1.807) is 6.07 Å². The molecule has 3 rings (SSSR count). The molecule has 5 heteroatoms. The topological polar surface area (TPSA) is 69.5 Å². The van der Waals surface area contributed by atoms with E-state index in [0.717, 1.165) is 37.1 Å². The number of phenols is 1. The average molecular weight is 327 g/mol. The van der Waals surface area contributed by atoms with E-state index in [2.05, 4.69) is 22.1 Å². The van der Waals surface area contributed by atoms with Gasteiger partial charge >= 0.3 is 0 Å². The lowest BCUT2D eigenvalue weighted by Gasteiger charge is -2.32. The molecule has 0 saturated carbocycles. The van der Waals surface area contributed by atoms with Crippen LogP contribution < -0.4 is 0 Å². The summed E-state index contributed by atoms with van der Waals surface area (Å²) >= 11 is 0. The first-order chi connectivity index (χ1) is 11.5. The number of rotatable bonds is 3. The average Bonchev–Trinajstić information content (AvgIpc) is 2.54. The lowest BCUT2D eigenvalue weighted by Crippen LogP contribution is -2.35. The van der Waals surface area contributed by atoms with Gasteiger partial charge in [0.05, 0.1) is 11.4 Å². The van der Waals surface area contributed by atoms with Crippen LogP contribution in [-0.2, 0) is 0 Å². The highest BCUT2D eigenvalue weighted by Crippen LogP contribution is 2.32. The Morgan fingerprint density at radius 3 is 2.67 bits per heavy atom. The number of benzene rings is 1. The minimum atomic E-state index is -0.596. The molecule has 1 saturated heterocycles. The molecule has 1 aromatic carbocycles. The molecule has 5 nitrogen and oxygen atoms in total. The summed E-state index contributed by atoms with van der Waals surface area (Å²) in [4.78, 5) is 2.25. The number of aromatic nitrogens is 2. The number of aliphatic hydroxyl groups is 1. The van der Waals surface area contributed by atoms with E-state index >= 15 is 0 Å². The molecule has 0 amide bonds. The van der Waals surface area contributed by atoms with Gasteiger partial charge in [-0.05, 0) is 69.6 Å². The summed E-state index contributed by atoms with van der Waals surface area (Å²) < 4.78 is 0. The molecule has 24 heavy (non-hydrogen) atoms. The van der Waals surface area contributed by atoms with Crippen molar-refractivity contribution in [3.63, 3.8) is 0 Å². The minimum absolute atomic E-state index is 0.190. The second-order valence-corrected chi connectivity index (χ2v) is 6.93. The number of hydrogen-bond acceptors (Lipinski definition) is 5. The summed E-state index contributed by atoms with van der Waals surface area (Å²) in [6.45, 7) is 5.83. The Kier molecular flexibility index (Phi) is 4.83. The molecule has 1 aromatic heterocycles. The van der Waals surface area contributed by atoms with Gasteiger partial charge < -0.3 is 15.1 Å². The zero-order chi connectivity index (χ0) is 17.3. The zero-order valence-electron chi connectivity index (χ0n) is 14.5. The van der Waals surface area contributed by atoms with Gasteiger partial charge in [0.2, 0.25) is 0 Å². The number of aromatic hydroxyl groups is 1. The Morgan fingerprint density at radius 1 is 1.21 bits per heavy atom. The number of piperidine rings is 1. The number of nitrogens with zero attached hydrogens (tertiary/aromatic N) is 3. The van der Waals surface area contributed by atoms with Crippen LogP contribution in [0.15, 0.2) is 24.3 Å². The van der Waals surface area contributed by atoms with E-state index in [-0.39, 0.29) is 11.7 Å². The predicted molar refractivity (Wildman–Crippen MR) is 93.8 cm³/mol. The lowest BCUT2D eigenvalue weighted by atomic mass is 9.89. The lowest BCUT2D eigenvalue weighted by molar-refractivity contribution is 0.0551. The highest BCUT2D eigenvalue weighted by molar-refractivity contribution is 5.67. The van der Waals surface area contributed by atoms with Crippen LogP contribution in [0.5, 0.6) is 5.75 Å². The molecular weight excluding hydrogens is 302 g/mol. The van der Waals surface area contributed by atoms with Crippen molar-refractivity contribution in [3.8, 4) is 17.0 Å². The van der Waals surface area contributed by atoms with Crippen molar-refractivity contribution in [2.45, 2.75) is 32.8 Å². The van der Waals surface area contributed by atoms with Crippen molar-refractivity contribution < 1.29 is 10.2 Å². The molecule has 0 bridgehead atoms. The Morgan fingerprint density at radius 2 is 2.00 bits per heavy atom. The minimum Gasteiger partial charge on any atom is -0.507 e. The van der Waals surface area contributed by atoms with Crippen molar-refractivity contribution in [1.29, 1.82) is 0 Å². The highest BCUT2D eigenvalue weighted by atomic mass is 16.3. The largest absolute Gasteiger partial charge is 0.507 e. The molecule has 0 aliphatic carbocycles. The molecule has 128 valence electrons. The van der Waals surface area contributed by atoms with E-state index in [9.17, 15) is 10.2 Å². The van der Waals surface area contributed by atoms with Gasteiger partial charge in [-0.15, -0.1) is 0 Å². The molecule has 2 N–H and O–H groups in total. The van der Waals surface area contributed by atoms with Crippen molar-refractivity contribution in [2.75, 3.05) is 20.1 Å². The summed E-state index contributed by atoms with van der Waals surface area (Å²) in [5.74, 6) is 0.390. The van der Waals surface area contributed by atoms with E-state index in [1.165, 1.54) is 0 Å². The van der Waals surface area contributed by atoms with Gasteiger partial charge in [0.15, 0.2) is 0 Å². The van der Waals surface area contributed by atoms with Gasteiger partial charge in [-0.25, -0.2) is 0 Å². The van der Waals surface area contributed by atoms with Gasteiger partial charge in [0.1, 0.15) is 11.9 Å². The number of phenolic OH excluding ortho intramolecular Hbond substituents is 1. The molecule has 0 spiro atoms. The first-order valence-corrected chi connectivity index (χ1v) is 8.46. The maximum Gasteiger partial charge on any atom is 0.125 e. The standard InChI is InChI=1S/C19H25N3O2/c1-12-6-7-15(17(23)9-12)16-10-13(2)18(21-20-16)19(24)14-5-4-8-22(3)11-14/h6-7,9-10,14,19,23-24H,4-5,8,11H2,1-3H3. The number of likely N-dealkylation sites (tertiary alicyclic amines) is 1. The summed E-state index contributed by atoms with van der Waals surface area (Å²) in [7, 11) is 2.08. The summed E-state index contributed by atoms with van der Waals surface area (Å²) in [6, 6.07) is 7.39. The highest BCUT2D eigenvalue weighted by Gasteiger charge is 2.28. The molecule has 0 radical (unpaired) electrons. The van der Waals surface area contributed by atoms with E-state index in [4.69, 9.17) is 0 Å². The first kappa shape index (κ1) is 16.9. The van der Waals surface area contributed by atoms with Gasteiger partial charge in [-0.2, -0.15) is 10.2 Å². The first-order valence-electron chi connectivity index (χ1n) is 8.46. The van der Waals surface area contributed by atoms with Crippen LogP contribution in [0.25, 0.3) is 11.3 Å². The van der Waals surface area contributed by atoms with Crippen LogP contribution in [0.1, 0.15) is 35.8 Å². The van der Waals surface area contributed by atoms with Crippen LogP contribution in [0, 0.1) is 19.8 Å². The molecule has 2 unspecified atom stereocenters. The molecule has 2 aromatic rings. The normalized spacial score (nSPS) is 20.1. The number of aliphatic hydroxyl groups excluding tert-OH is 1. The van der Waals surface area contributed by atoms with Gasteiger partial charge in [-0.1, -0.05) is 6.07 Å². The van der Waals surface area contributed by atoms with E-state index in [0.29, 0.717) is 17.0 Å². The second-order valence-electron chi connectivity index (χ2n) is 6.93. The maximum atomic E-state index is 10.7. The Bertz CT molecular complexity index is 733. The van der Waals surface area contributed by atoms with Crippen LogP contribution in [0.2, 0.25) is 0 Å². The SMILES string of the molecule is Cc1ccc(-c2cc(C)c(C(O)C3CCCN(C)C3)nn2)c(O)c1. The molecular formula is C19H25N3O2. The van der Waals surface area contributed by atoms with Gasteiger partial charge in [-0.3, -0.25) is 0 Å². The fourth-order valence-corrected chi connectivity index (χ4v) is 3.46. The Balaban J connectivity index is 1.87. The smallest absolute Gasteiger partial charge is 0.125 e. The van der Waals surface area contributed by atoms with Crippen LogP contribution in [0.3, 0.4) is 0 Å². The van der Waals surface area contributed by atoms with Crippen molar-refractivity contribution >= 4 is 0 Å². The summed E-state index contributed by atoms with van der Waals surface area (Å²) in [5, 5.41) is 29.4. The van der Waals surface area contributed by atoms with E-state index < -0.39 is 6.10 Å². The monoisotopic (exact) mass is 327 g/mol. The molecule has 2 atom stereocenters. The second kappa shape index (κ2) is 6.87. The molecule has 1 aliphatic heterocycles. The van der Waals surface area contributed by atoms with Crippen molar-refractivity contribution in [3.05, 3.63) is 41.1 Å². The predicted octanol–water partition coefficient (Wildman–Crippen LogP) is 2.84. The zero-order valence-corrected chi connectivity index (χ0v) is 14.5. The van der Waals surface area contributed by atoms with Gasteiger partial charge in [0.25, 0.3) is 0 Å².